The summed E-state index contributed by atoms with van der Waals surface area (Å²) in [5.74, 6) is -0.129. The quantitative estimate of drug-likeness (QED) is 0.846. The molecule has 98 valence electrons. The summed E-state index contributed by atoms with van der Waals surface area (Å²) >= 11 is 0. The van der Waals surface area contributed by atoms with E-state index in [1.807, 2.05) is 30.3 Å². The van der Waals surface area contributed by atoms with Gasteiger partial charge < -0.3 is 0 Å². The van der Waals surface area contributed by atoms with E-state index in [2.05, 4.69) is 10.5 Å². The molecule has 2 aromatic rings. The summed E-state index contributed by atoms with van der Waals surface area (Å²) in [5, 5.41) is 6.02. The Labute approximate surface area is 115 Å². The van der Waals surface area contributed by atoms with Crippen LogP contribution in [0.3, 0.4) is 0 Å². The third-order valence-electron chi connectivity index (χ3n) is 3.85. The Morgan fingerprint density at radius 2 is 1.80 bits per heavy atom. The maximum absolute atomic E-state index is 12.4. The first-order valence-corrected chi connectivity index (χ1v) is 6.70. The van der Waals surface area contributed by atoms with Crippen LogP contribution in [0.25, 0.3) is 10.8 Å². The number of Topliss-reactive ketones (excluding diaryl/α,β-unsaturated/α-hetero) is 1. The molecule has 0 unspecified atom stereocenters. The molecule has 2 aliphatic rings. The van der Waals surface area contributed by atoms with Gasteiger partial charge in [0.15, 0.2) is 0 Å². The minimum atomic E-state index is -0.118. The van der Waals surface area contributed by atoms with Crippen molar-refractivity contribution in [2.45, 2.75) is 12.8 Å². The van der Waals surface area contributed by atoms with Crippen molar-refractivity contribution in [3.8, 4) is 0 Å². The highest BCUT2D eigenvalue weighted by molar-refractivity contribution is 6.59. The number of rotatable bonds is 2. The molecule has 0 saturated heterocycles. The Kier molecular flexibility index (Phi) is 2.27. The van der Waals surface area contributed by atoms with Gasteiger partial charge in [-0.1, -0.05) is 36.4 Å². The highest BCUT2D eigenvalue weighted by Gasteiger charge is 2.31. The van der Waals surface area contributed by atoms with E-state index in [0.717, 1.165) is 29.2 Å². The molecule has 0 aromatic heterocycles. The van der Waals surface area contributed by atoms with Gasteiger partial charge >= 0.3 is 0 Å². The van der Waals surface area contributed by atoms with E-state index in [9.17, 15) is 9.59 Å². The lowest BCUT2D eigenvalue weighted by molar-refractivity contribution is -0.122. The van der Waals surface area contributed by atoms with Crippen LogP contribution in [0.1, 0.15) is 28.8 Å². The second-order valence-electron chi connectivity index (χ2n) is 5.25. The summed E-state index contributed by atoms with van der Waals surface area (Å²) in [6.07, 6.45) is 1.83. The van der Waals surface area contributed by atoms with Crippen LogP contribution in [0.4, 0.5) is 0 Å². The van der Waals surface area contributed by atoms with Gasteiger partial charge in [-0.15, -0.1) is 0 Å². The Morgan fingerprint density at radius 3 is 2.50 bits per heavy atom. The molecule has 4 heteroatoms. The Bertz CT molecular complexity index is 783. The van der Waals surface area contributed by atoms with Gasteiger partial charge in [0.05, 0.1) is 0 Å². The Morgan fingerprint density at radius 1 is 1.10 bits per heavy atom. The third-order valence-corrected chi connectivity index (χ3v) is 3.85. The molecule has 0 bridgehead atoms. The zero-order valence-electron chi connectivity index (χ0n) is 10.7. The number of ketones is 1. The number of carbonyl (C=O) groups excluding carboxylic acids is 2. The molecular formula is C16H12N2O2. The standard InChI is InChI=1S/C16H12N2O2/c19-15-12-6-2-4-9-3-1-5-11(13(9)12)14(15)17-18-16(20)10-7-8-10/h1-6,10H,7-8H2,(H,18,20)/b17-14+. The van der Waals surface area contributed by atoms with Crippen LogP contribution < -0.4 is 5.43 Å². The van der Waals surface area contributed by atoms with Crippen molar-refractivity contribution in [1.82, 2.24) is 5.43 Å². The minimum absolute atomic E-state index is 0.0778. The van der Waals surface area contributed by atoms with Gasteiger partial charge in [0, 0.05) is 22.4 Å². The predicted molar refractivity (Wildman–Crippen MR) is 75.7 cm³/mol. The summed E-state index contributed by atoms with van der Waals surface area (Å²) < 4.78 is 0. The average Bonchev–Trinajstić information content (AvgIpc) is 3.27. The highest BCUT2D eigenvalue weighted by Crippen LogP contribution is 2.31. The first-order chi connectivity index (χ1) is 9.75. The first-order valence-electron chi connectivity index (χ1n) is 6.70. The molecule has 4 rings (SSSR count). The molecule has 1 amide bonds. The second kappa shape index (κ2) is 4.00. The number of hydrogen-bond acceptors (Lipinski definition) is 3. The molecule has 2 aliphatic carbocycles. The van der Waals surface area contributed by atoms with Crippen molar-refractivity contribution in [2.75, 3.05) is 0 Å². The molecular weight excluding hydrogens is 252 g/mol. The smallest absolute Gasteiger partial charge is 0.243 e. The summed E-state index contributed by atoms with van der Waals surface area (Å²) in [6, 6.07) is 11.4. The number of hydrazone groups is 1. The van der Waals surface area contributed by atoms with Gasteiger partial charge in [0.2, 0.25) is 11.7 Å². The van der Waals surface area contributed by atoms with Crippen molar-refractivity contribution < 1.29 is 9.59 Å². The summed E-state index contributed by atoms with van der Waals surface area (Å²) in [6.45, 7) is 0. The second-order valence-corrected chi connectivity index (χ2v) is 5.25. The average molecular weight is 264 g/mol. The number of benzene rings is 2. The van der Waals surface area contributed by atoms with E-state index in [4.69, 9.17) is 0 Å². The lowest BCUT2D eigenvalue weighted by atomic mass is 10.1. The normalized spacial score (nSPS) is 18.8. The van der Waals surface area contributed by atoms with E-state index in [1.54, 1.807) is 6.07 Å². The molecule has 0 radical (unpaired) electrons. The van der Waals surface area contributed by atoms with Crippen LogP contribution in [0.15, 0.2) is 41.5 Å². The topological polar surface area (TPSA) is 58.5 Å². The van der Waals surface area contributed by atoms with Gasteiger partial charge in [-0.3, -0.25) is 9.59 Å². The minimum Gasteiger partial charge on any atom is -0.287 e. The maximum Gasteiger partial charge on any atom is 0.243 e. The Hall–Kier alpha value is -2.49. The van der Waals surface area contributed by atoms with Gasteiger partial charge in [-0.2, -0.15) is 5.10 Å². The van der Waals surface area contributed by atoms with Crippen LogP contribution in [0.5, 0.6) is 0 Å². The van der Waals surface area contributed by atoms with Gasteiger partial charge in [-0.25, -0.2) is 5.43 Å². The number of carbonyl (C=O) groups is 2. The molecule has 1 fully saturated rings. The summed E-state index contributed by atoms with van der Waals surface area (Å²) in [4.78, 5) is 24.0. The lowest BCUT2D eigenvalue weighted by Gasteiger charge is -2.00. The van der Waals surface area contributed by atoms with Gasteiger partial charge in [-0.05, 0) is 18.2 Å². The fraction of sp³-hybridized carbons (Fsp3) is 0.188. The molecule has 4 nitrogen and oxygen atoms in total. The molecule has 1 saturated carbocycles. The van der Waals surface area contributed by atoms with Crippen molar-refractivity contribution in [3.63, 3.8) is 0 Å². The van der Waals surface area contributed by atoms with Crippen LogP contribution in [-0.4, -0.2) is 17.4 Å². The lowest BCUT2D eigenvalue weighted by Crippen LogP contribution is -2.23. The van der Waals surface area contributed by atoms with Crippen LogP contribution in [0.2, 0.25) is 0 Å². The molecule has 2 aromatic carbocycles. The van der Waals surface area contributed by atoms with E-state index in [1.165, 1.54) is 0 Å². The van der Waals surface area contributed by atoms with E-state index >= 15 is 0 Å². The molecule has 1 N–H and O–H groups in total. The molecule has 20 heavy (non-hydrogen) atoms. The Balaban J connectivity index is 1.80. The van der Waals surface area contributed by atoms with Crippen molar-refractivity contribution in [1.29, 1.82) is 0 Å². The molecule has 0 atom stereocenters. The van der Waals surface area contributed by atoms with Crippen molar-refractivity contribution >= 4 is 28.2 Å². The van der Waals surface area contributed by atoms with Crippen LogP contribution in [-0.2, 0) is 4.79 Å². The van der Waals surface area contributed by atoms with E-state index in [-0.39, 0.29) is 17.6 Å². The first kappa shape index (κ1) is 11.3. The number of nitrogens with one attached hydrogen (secondary N) is 1. The summed E-state index contributed by atoms with van der Waals surface area (Å²) in [7, 11) is 0. The van der Waals surface area contributed by atoms with E-state index in [0.29, 0.717) is 11.3 Å². The zero-order chi connectivity index (χ0) is 13.7. The largest absolute Gasteiger partial charge is 0.287 e. The number of nitrogens with zero attached hydrogens (tertiary/aromatic N) is 1. The fourth-order valence-corrected chi connectivity index (χ4v) is 2.64. The molecule has 0 spiro atoms. The zero-order valence-corrected chi connectivity index (χ0v) is 10.7. The highest BCUT2D eigenvalue weighted by atomic mass is 16.2. The SMILES string of the molecule is O=C1/C(=N/NC(=O)C2CC2)c2cccc3cccc1c23. The maximum atomic E-state index is 12.4. The number of amides is 1. The van der Waals surface area contributed by atoms with Crippen molar-refractivity contribution in [2.24, 2.45) is 11.0 Å². The molecule has 0 aliphatic heterocycles. The van der Waals surface area contributed by atoms with Crippen LogP contribution >= 0.6 is 0 Å². The van der Waals surface area contributed by atoms with Crippen LogP contribution in [0, 0.1) is 5.92 Å². The van der Waals surface area contributed by atoms with Gasteiger partial charge in [0.25, 0.3) is 0 Å². The van der Waals surface area contributed by atoms with Gasteiger partial charge in [0.1, 0.15) is 5.71 Å². The molecule has 0 heterocycles. The monoisotopic (exact) mass is 264 g/mol. The third kappa shape index (κ3) is 1.58. The van der Waals surface area contributed by atoms with E-state index < -0.39 is 0 Å². The fourth-order valence-electron chi connectivity index (χ4n) is 2.64. The predicted octanol–water partition coefficient (Wildman–Crippen LogP) is 2.27. The van der Waals surface area contributed by atoms with Crippen molar-refractivity contribution in [3.05, 3.63) is 47.5 Å². The number of hydrogen-bond donors (Lipinski definition) is 1. The summed E-state index contributed by atoms with van der Waals surface area (Å²) in [5.41, 5.74) is 4.33.